The zero-order valence-corrected chi connectivity index (χ0v) is 10.5. The first kappa shape index (κ1) is 11.2. The Bertz CT molecular complexity index is 459. The van der Waals surface area contributed by atoms with E-state index >= 15 is 0 Å². The van der Waals surface area contributed by atoms with Gasteiger partial charge in [-0.05, 0) is 23.9 Å². The van der Waals surface area contributed by atoms with E-state index in [1.165, 1.54) is 11.5 Å². The average molecular weight is 237 g/mol. The van der Waals surface area contributed by atoms with Crippen molar-refractivity contribution in [2.45, 2.75) is 39.7 Å². The van der Waals surface area contributed by atoms with Crippen molar-refractivity contribution in [3.05, 3.63) is 12.0 Å². The van der Waals surface area contributed by atoms with Crippen LogP contribution in [0.5, 0.6) is 0 Å². The first-order valence-corrected chi connectivity index (χ1v) is 6.21. The van der Waals surface area contributed by atoms with Crippen LogP contribution in [-0.4, -0.2) is 24.4 Å². The van der Waals surface area contributed by atoms with Crippen LogP contribution in [0, 0.1) is 0 Å². The van der Waals surface area contributed by atoms with Crippen LogP contribution < -0.4 is 0 Å². The molecule has 0 aromatic carbocycles. The van der Waals surface area contributed by atoms with Crippen LogP contribution in [-0.2, 0) is 6.54 Å². The molecule has 0 aliphatic carbocycles. The lowest BCUT2D eigenvalue weighted by molar-refractivity contribution is 0.682. The summed E-state index contributed by atoms with van der Waals surface area (Å²) >= 11 is 1.39. The zero-order chi connectivity index (χ0) is 11.5. The summed E-state index contributed by atoms with van der Waals surface area (Å²) in [4.78, 5) is 1.04. The van der Waals surface area contributed by atoms with Gasteiger partial charge >= 0.3 is 0 Å². The van der Waals surface area contributed by atoms with Crippen LogP contribution in [0.4, 0.5) is 0 Å². The second-order valence-electron chi connectivity index (χ2n) is 3.99. The Morgan fingerprint density at radius 3 is 2.88 bits per heavy atom. The predicted octanol–water partition coefficient (Wildman–Crippen LogP) is 2.33. The van der Waals surface area contributed by atoms with Crippen molar-refractivity contribution in [1.82, 2.24) is 24.4 Å². The standard InChI is InChI=1S/C10H15N5S/c1-4-5-15-6-11-13-10(15)9-8(7(2)3)12-14-16-9/h6-7H,4-5H2,1-3H3. The van der Waals surface area contributed by atoms with Gasteiger partial charge in [-0.25, -0.2) is 0 Å². The Labute approximate surface area is 98.7 Å². The third-order valence-corrected chi connectivity index (χ3v) is 3.08. The maximum atomic E-state index is 4.16. The lowest BCUT2D eigenvalue weighted by atomic mass is 10.1. The van der Waals surface area contributed by atoms with Crippen molar-refractivity contribution in [2.24, 2.45) is 0 Å². The molecule has 0 spiro atoms. The Morgan fingerprint density at radius 1 is 1.38 bits per heavy atom. The van der Waals surface area contributed by atoms with Crippen molar-refractivity contribution in [3.8, 4) is 10.7 Å². The SMILES string of the molecule is CCCn1cnnc1-c1snnc1C(C)C. The molecular weight excluding hydrogens is 222 g/mol. The van der Waals surface area contributed by atoms with E-state index in [-0.39, 0.29) is 0 Å². The molecule has 0 atom stereocenters. The molecule has 2 aromatic heterocycles. The normalized spacial score (nSPS) is 11.2. The van der Waals surface area contributed by atoms with Gasteiger partial charge in [0.25, 0.3) is 0 Å². The summed E-state index contributed by atoms with van der Waals surface area (Å²) in [5.74, 6) is 1.25. The highest BCUT2D eigenvalue weighted by Gasteiger charge is 2.17. The molecule has 86 valence electrons. The molecule has 0 bridgehead atoms. The van der Waals surface area contributed by atoms with Gasteiger partial charge in [0.05, 0.1) is 5.69 Å². The molecule has 0 saturated carbocycles. The second kappa shape index (κ2) is 4.69. The molecule has 16 heavy (non-hydrogen) atoms. The molecule has 2 aromatic rings. The number of nitrogens with zero attached hydrogens (tertiary/aromatic N) is 5. The van der Waals surface area contributed by atoms with E-state index in [0.29, 0.717) is 5.92 Å². The summed E-state index contributed by atoms with van der Waals surface area (Å²) in [6, 6.07) is 0. The Hall–Kier alpha value is -1.30. The highest BCUT2D eigenvalue weighted by atomic mass is 32.1. The van der Waals surface area contributed by atoms with Crippen LogP contribution in [0.1, 0.15) is 38.8 Å². The van der Waals surface area contributed by atoms with Gasteiger partial charge < -0.3 is 4.57 Å². The molecule has 6 heteroatoms. The van der Waals surface area contributed by atoms with Crippen molar-refractivity contribution >= 4 is 11.5 Å². The molecule has 2 heterocycles. The molecule has 0 amide bonds. The van der Waals surface area contributed by atoms with Crippen molar-refractivity contribution in [3.63, 3.8) is 0 Å². The monoisotopic (exact) mass is 237 g/mol. The maximum Gasteiger partial charge on any atom is 0.177 e. The molecule has 0 fully saturated rings. The minimum absolute atomic E-state index is 0.362. The van der Waals surface area contributed by atoms with E-state index in [0.717, 1.165) is 29.4 Å². The van der Waals surface area contributed by atoms with Crippen LogP contribution in [0.25, 0.3) is 10.7 Å². The molecular formula is C10H15N5S. The van der Waals surface area contributed by atoms with Gasteiger partial charge in [0, 0.05) is 6.54 Å². The van der Waals surface area contributed by atoms with E-state index in [1.54, 1.807) is 6.33 Å². The number of hydrogen-bond acceptors (Lipinski definition) is 5. The van der Waals surface area contributed by atoms with Gasteiger partial charge in [0.2, 0.25) is 0 Å². The Balaban J connectivity index is 2.42. The summed E-state index contributed by atoms with van der Waals surface area (Å²) in [5.41, 5.74) is 1.01. The van der Waals surface area contributed by atoms with E-state index in [1.807, 2.05) is 0 Å². The highest BCUT2D eigenvalue weighted by molar-refractivity contribution is 7.09. The molecule has 5 nitrogen and oxygen atoms in total. The lowest BCUT2D eigenvalue weighted by Gasteiger charge is -2.05. The van der Waals surface area contributed by atoms with E-state index < -0.39 is 0 Å². The van der Waals surface area contributed by atoms with Crippen LogP contribution in [0.15, 0.2) is 6.33 Å². The fourth-order valence-electron chi connectivity index (χ4n) is 1.57. The van der Waals surface area contributed by atoms with Crippen molar-refractivity contribution in [1.29, 1.82) is 0 Å². The van der Waals surface area contributed by atoms with Gasteiger partial charge in [-0.1, -0.05) is 25.3 Å². The molecule has 0 radical (unpaired) electrons. The lowest BCUT2D eigenvalue weighted by Crippen LogP contribution is -2.00. The van der Waals surface area contributed by atoms with E-state index in [4.69, 9.17) is 0 Å². The predicted molar refractivity (Wildman–Crippen MR) is 63.3 cm³/mol. The van der Waals surface area contributed by atoms with Gasteiger partial charge in [0.1, 0.15) is 11.2 Å². The summed E-state index contributed by atoms with van der Waals surface area (Å²) in [6.45, 7) is 7.29. The van der Waals surface area contributed by atoms with E-state index in [9.17, 15) is 0 Å². The van der Waals surface area contributed by atoms with Crippen LogP contribution >= 0.6 is 11.5 Å². The zero-order valence-electron chi connectivity index (χ0n) is 9.71. The highest BCUT2D eigenvalue weighted by Crippen LogP contribution is 2.28. The van der Waals surface area contributed by atoms with Gasteiger partial charge in [-0.15, -0.1) is 15.3 Å². The van der Waals surface area contributed by atoms with Gasteiger partial charge in [-0.2, -0.15) is 0 Å². The first-order chi connectivity index (χ1) is 7.74. The minimum Gasteiger partial charge on any atom is -0.313 e. The van der Waals surface area contributed by atoms with Crippen molar-refractivity contribution < 1.29 is 0 Å². The number of aryl methyl sites for hydroxylation is 1. The topological polar surface area (TPSA) is 56.5 Å². The number of aromatic nitrogens is 5. The van der Waals surface area contributed by atoms with Gasteiger partial charge in [0.15, 0.2) is 5.82 Å². The fourth-order valence-corrected chi connectivity index (χ4v) is 2.39. The second-order valence-corrected chi connectivity index (χ2v) is 4.74. The number of rotatable bonds is 4. The summed E-state index contributed by atoms with van der Waals surface area (Å²) in [7, 11) is 0. The van der Waals surface area contributed by atoms with E-state index in [2.05, 4.69) is 45.1 Å². The summed E-state index contributed by atoms with van der Waals surface area (Å²) in [5, 5.41) is 12.3. The molecule has 0 aliphatic rings. The quantitative estimate of drug-likeness (QED) is 0.819. The summed E-state index contributed by atoms with van der Waals surface area (Å²) < 4.78 is 6.07. The van der Waals surface area contributed by atoms with Gasteiger partial charge in [-0.3, -0.25) is 0 Å². The molecule has 0 N–H and O–H groups in total. The fraction of sp³-hybridized carbons (Fsp3) is 0.600. The maximum absolute atomic E-state index is 4.16. The largest absolute Gasteiger partial charge is 0.313 e. The minimum atomic E-state index is 0.362. The Kier molecular flexibility index (Phi) is 3.28. The summed E-state index contributed by atoms with van der Waals surface area (Å²) in [6.07, 6.45) is 2.83. The average Bonchev–Trinajstić information content (AvgIpc) is 2.83. The van der Waals surface area contributed by atoms with Crippen LogP contribution in [0.3, 0.4) is 0 Å². The van der Waals surface area contributed by atoms with Crippen molar-refractivity contribution in [2.75, 3.05) is 0 Å². The Morgan fingerprint density at radius 2 is 2.19 bits per heavy atom. The van der Waals surface area contributed by atoms with Crippen LogP contribution in [0.2, 0.25) is 0 Å². The molecule has 0 saturated heterocycles. The molecule has 0 aliphatic heterocycles. The first-order valence-electron chi connectivity index (χ1n) is 5.44. The molecule has 2 rings (SSSR count). The number of hydrogen-bond donors (Lipinski definition) is 0. The molecule has 0 unspecified atom stereocenters. The smallest absolute Gasteiger partial charge is 0.177 e. The third-order valence-electron chi connectivity index (χ3n) is 2.34. The third kappa shape index (κ3) is 1.97.